The molecular formula is C19H19Cl2FN6. The molecule has 3 heterocycles. The number of fused-ring (bicyclic) bond motifs is 1. The van der Waals surface area contributed by atoms with E-state index in [-0.39, 0.29) is 12.4 Å². The van der Waals surface area contributed by atoms with Crippen molar-refractivity contribution in [2.45, 2.75) is 25.2 Å². The van der Waals surface area contributed by atoms with Gasteiger partial charge in [-0.15, -0.1) is 12.4 Å². The molecule has 0 spiro atoms. The predicted octanol–water partition coefficient (Wildman–Crippen LogP) is 3.98. The van der Waals surface area contributed by atoms with Gasteiger partial charge in [0.1, 0.15) is 6.17 Å². The number of aromatic nitrogens is 3. The minimum absolute atomic E-state index is 0. The first-order valence-electron chi connectivity index (χ1n) is 8.68. The molecule has 6 nitrogen and oxygen atoms in total. The van der Waals surface area contributed by atoms with E-state index in [4.69, 9.17) is 28.9 Å². The van der Waals surface area contributed by atoms with Crippen molar-refractivity contribution in [2.75, 3.05) is 18.0 Å². The number of nitrogens with two attached hydrogens (primary N) is 1. The van der Waals surface area contributed by atoms with Crippen LogP contribution in [0, 0.1) is 6.57 Å². The first-order valence-corrected chi connectivity index (χ1v) is 9.06. The second kappa shape index (κ2) is 8.31. The number of hydrogen-bond donors (Lipinski definition) is 1. The minimum atomic E-state index is -0.995. The van der Waals surface area contributed by atoms with E-state index < -0.39 is 12.2 Å². The van der Waals surface area contributed by atoms with Crippen molar-refractivity contribution in [1.82, 2.24) is 14.5 Å². The van der Waals surface area contributed by atoms with Crippen LogP contribution in [0.25, 0.3) is 15.9 Å². The van der Waals surface area contributed by atoms with Crippen molar-refractivity contribution < 1.29 is 4.39 Å². The lowest BCUT2D eigenvalue weighted by atomic mass is 10.1. The monoisotopic (exact) mass is 420 g/mol. The van der Waals surface area contributed by atoms with Crippen LogP contribution >= 0.6 is 24.0 Å². The van der Waals surface area contributed by atoms with Gasteiger partial charge in [0.15, 0.2) is 5.69 Å². The smallest absolute Gasteiger partial charge is 0.206 e. The number of halogens is 3. The fraction of sp³-hybridized carbons (Fsp3) is 0.316. The second-order valence-corrected chi connectivity index (χ2v) is 7.10. The maximum absolute atomic E-state index is 13.8. The number of imidazole rings is 1. The van der Waals surface area contributed by atoms with E-state index in [0.29, 0.717) is 42.7 Å². The Bertz CT molecular complexity index is 1010. The summed E-state index contributed by atoms with van der Waals surface area (Å²) in [5, 5.41) is 0.576. The van der Waals surface area contributed by atoms with Crippen molar-refractivity contribution in [3.8, 4) is 0 Å². The van der Waals surface area contributed by atoms with Gasteiger partial charge in [-0.3, -0.25) is 4.98 Å². The lowest BCUT2D eigenvalue weighted by Crippen LogP contribution is -2.50. The SMILES string of the molecule is Cl.[C-]#[N+]c1ccc2c(c1)nc(N1CC[C@@H](F)[C@H](N)C1)n2Cc1ccc(Cl)cn1. The highest BCUT2D eigenvalue weighted by molar-refractivity contribution is 6.30. The van der Waals surface area contributed by atoms with Gasteiger partial charge in [-0.25, -0.2) is 14.2 Å². The molecule has 0 amide bonds. The Hall–Kier alpha value is -2.40. The summed E-state index contributed by atoms with van der Waals surface area (Å²) < 4.78 is 15.9. The zero-order valence-electron chi connectivity index (χ0n) is 14.9. The maximum Gasteiger partial charge on any atom is 0.206 e. The van der Waals surface area contributed by atoms with Crippen LogP contribution in [-0.4, -0.2) is 39.8 Å². The van der Waals surface area contributed by atoms with Gasteiger partial charge in [-0.1, -0.05) is 17.7 Å². The summed E-state index contributed by atoms with van der Waals surface area (Å²) in [7, 11) is 0. The number of rotatable bonds is 3. The zero-order valence-corrected chi connectivity index (χ0v) is 16.5. The van der Waals surface area contributed by atoms with Crippen LogP contribution < -0.4 is 10.6 Å². The molecule has 0 unspecified atom stereocenters. The van der Waals surface area contributed by atoms with Gasteiger partial charge in [0.05, 0.1) is 40.9 Å². The van der Waals surface area contributed by atoms with Crippen molar-refractivity contribution in [2.24, 2.45) is 5.73 Å². The lowest BCUT2D eigenvalue weighted by Gasteiger charge is -2.34. The zero-order chi connectivity index (χ0) is 19.0. The first-order chi connectivity index (χ1) is 13.0. The summed E-state index contributed by atoms with van der Waals surface area (Å²) in [5.41, 5.74) is 8.93. The van der Waals surface area contributed by atoms with Gasteiger partial charge in [0.2, 0.25) is 5.95 Å². The molecule has 0 bridgehead atoms. The number of nitrogens with zero attached hydrogens (tertiary/aromatic N) is 5. The molecule has 1 saturated heterocycles. The average molecular weight is 421 g/mol. The molecule has 2 aromatic heterocycles. The third kappa shape index (κ3) is 3.90. The molecule has 2 N–H and O–H groups in total. The third-order valence-corrected chi connectivity index (χ3v) is 5.03. The Morgan fingerprint density at radius 3 is 2.82 bits per heavy atom. The van der Waals surface area contributed by atoms with Gasteiger partial charge in [0.25, 0.3) is 0 Å². The highest BCUT2D eigenvalue weighted by Gasteiger charge is 2.29. The van der Waals surface area contributed by atoms with Crippen LogP contribution in [-0.2, 0) is 6.54 Å². The average Bonchev–Trinajstić information content (AvgIpc) is 3.03. The van der Waals surface area contributed by atoms with Crippen molar-refractivity contribution in [1.29, 1.82) is 0 Å². The van der Waals surface area contributed by atoms with E-state index in [0.717, 1.165) is 16.7 Å². The summed E-state index contributed by atoms with van der Waals surface area (Å²) in [6.45, 7) is 8.65. The maximum atomic E-state index is 13.8. The van der Waals surface area contributed by atoms with Crippen LogP contribution in [0.3, 0.4) is 0 Å². The van der Waals surface area contributed by atoms with Gasteiger partial charge in [-0.2, -0.15) is 0 Å². The highest BCUT2D eigenvalue weighted by Crippen LogP contribution is 2.29. The number of benzene rings is 1. The van der Waals surface area contributed by atoms with Gasteiger partial charge in [-0.05, 0) is 30.7 Å². The van der Waals surface area contributed by atoms with Crippen molar-refractivity contribution in [3.05, 3.63) is 58.7 Å². The quantitative estimate of drug-likeness (QED) is 0.650. The minimum Gasteiger partial charge on any atom is -0.340 e. The van der Waals surface area contributed by atoms with Crippen LogP contribution in [0.5, 0.6) is 0 Å². The Balaban J connectivity index is 0.00000225. The summed E-state index contributed by atoms with van der Waals surface area (Å²) in [4.78, 5) is 14.6. The molecule has 0 saturated carbocycles. The molecule has 9 heteroatoms. The van der Waals surface area contributed by atoms with Crippen molar-refractivity contribution >= 4 is 46.7 Å². The van der Waals surface area contributed by atoms with Gasteiger partial charge >= 0.3 is 0 Å². The Kier molecular flexibility index (Phi) is 6.04. The number of anilines is 1. The molecule has 1 fully saturated rings. The van der Waals surface area contributed by atoms with Crippen molar-refractivity contribution in [3.63, 3.8) is 0 Å². The molecule has 2 atom stereocenters. The Morgan fingerprint density at radius 1 is 1.32 bits per heavy atom. The molecule has 3 aromatic rings. The summed E-state index contributed by atoms with van der Waals surface area (Å²) in [6.07, 6.45) is 0.986. The van der Waals surface area contributed by atoms with Crippen LogP contribution in [0.1, 0.15) is 12.1 Å². The third-order valence-electron chi connectivity index (χ3n) is 4.80. The molecule has 1 aliphatic heterocycles. The second-order valence-electron chi connectivity index (χ2n) is 6.67. The topological polar surface area (TPSA) is 64.3 Å². The summed E-state index contributed by atoms with van der Waals surface area (Å²) >= 11 is 5.94. The predicted molar refractivity (Wildman–Crippen MR) is 111 cm³/mol. The van der Waals surface area contributed by atoms with E-state index in [9.17, 15) is 4.39 Å². The van der Waals surface area contributed by atoms with E-state index in [1.165, 1.54) is 0 Å². The molecule has 1 aliphatic rings. The van der Waals surface area contributed by atoms with E-state index >= 15 is 0 Å². The number of alkyl halides is 1. The molecule has 1 aromatic carbocycles. The Labute approximate surface area is 173 Å². The fourth-order valence-corrected chi connectivity index (χ4v) is 3.48. The standard InChI is InChI=1S/C19H18ClFN6.ClH/c1-23-13-4-5-18-17(8-13)25-19(26-7-6-15(21)16(22)11-26)27(18)10-14-3-2-12(20)9-24-14;/h2-5,8-9,15-16H,6-7,10-11,22H2;1H/t15-,16-;/m1./s1. The number of hydrogen-bond acceptors (Lipinski definition) is 4. The highest BCUT2D eigenvalue weighted by atomic mass is 35.5. The van der Waals surface area contributed by atoms with Crippen LogP contribution in [0.2, 0.25) is 5.02 Å². The summed E-state index contributed by atoms with van der Waals surface area (Å²) in [6, 6.07) is 8.54. The van der Waals surface area contributed by atoms with E-state index in [2.05, 4.69) is 9.83 Å². The molecule has 28 heavy (non-hydrogen) atoms. The number of piperidine rings is 1. The lowest BCUT2D eigenvalue weighted by molar-refractivity contribution is 0.243. The molecule has 4 rings (SSSR count). The normalized spacial score (nSPS) is 19.3. The molecular weight excluding hydrogens is 402 g/mol. The van der Waals surface area contributed by atoms with E-state index in [1.54, 1.807) is 24.4 Å². The van der Waals surface area contributed by atoms with Crippen LogP contribution in [0.4, 0.5) is 16.0 Å². The van der Waals surface area contributed by atoms with E-state index in [1.807, 2.05) is 21.6 Å². The van der Waals surface area contributed by atoms with Crippen LogP contribution in [0.15, 0.2) is 36.5 Å². The molecule has 0 radical (unpaired) electrons. The van der Waals surface area contributed by atoms with Gasteiger partial charge in [0, 0.05) is 19.3 Å². The van der Waals surface area contributed by atoms with Gasteiger partial charge < -0.3 is 15.2 Å². The summed E-state index contributed by atoms with van der Waals surface area (Å²) in [5.74, 6) is 0.714. The fourth-order valence-electron chi connectivity index (χ4n) is 3.37. The first kappa shape index (κ1) is 20.3. The number of pyridine rings is 1. The molecule has 0 aliphatic carbocycles. The molecule has 146 valence electrons. The Morgan fingerprint density at radius 2 is 2.14 bits per heavy atom. The largest absolute Gasteiger partial charge is 0.340 e.